The molecule has 0 spiro atoms. The summed E-state index contributed by atoms with van der Waals surface area (Å²) in [5, 5.41) is 3.19. The number of amides is 1. The summed E-state index contributed by atoms with van der Waals surface area (Å²) in [7, 11) is 0. The van der Waals surface area contributed by atoms with Crippen LogP contribution < -0.4 is 11.1 Å². The van der Waals surface area contributed by atoms with Crippen LogP contribution in [0.15, 0.2) is 22.7 Å². The number of thiocarbonyl (C=S) groups is 1. The Balaban J connectivity index is 2.93. The van der Waals surface area contributed by atoms with E-state index >= 15 is 0 Å². The zero-order valence-electron chi connectivity index (χ0n) is 11.9. The summed E-state index contributed by atoms with van der Waals surface area (Å²) in [6.07, 6.45) is 0. The highest BCUT2D eigenvalue weighted by Gasteiger charge is 2.19. The van der Waals surface area contributed by atoms with Gasteiger partial charge in [0.05, 0.1) is 0 Å². The summed E-state index contributed by atoms with van der Waals surface area (Å²) in [4.78, 5) is 14.3. The summed E-state index contributed by atoms with van der Waals surface area (Å²) >= 11 is 8.43. The molecule has 1 amide bonds. The van der Waals surface area contributed by atoms with E-state index in [-0.39, 0.29) is 11.9 Å². The number of benzene rings is 1. The van der Waals surface area contributed by atoms with Crippen molar-refractivity contribution in [3.8, 4) is 0 Å². The van der Waals surface area contributed by atoms with E-state index in [1.807, 2.05) is 39.0 Å². The zero-order chi connectivity index (χ0) is 15.3. The van der Waals surface area contributed by atoms with Crippen LogP contribution in [0.2, 0.25) is 0 Å². The molecule has 0 aliphatic rings. The van der Waals surface area contributed by atoms with Crippen molar-refractivity contribution in [3.05, 3.63) is 28.2 Å². The third-order valence-electron chi connectivity index (χ3n) is 3.06. The van der Waals surface area contributed by atoms with Gasteiger partial charge in [0.2, 0.25) is 5.91 Å². The highest BCUT2D eigenvalue weighted by molar-refractivity contribution is 9.10. The second kappa shape index (κ2) is 7.59. The van der Waals surface area contributed by atoms with Crippen LogP contribution in [-0.4, -0.2) is 34.9 Å². The molecule has 0 radical (unpaired) electrons. The van der Waals surface area contributed by atoms with Gasteiger partial charge in [-0.05, 0) is 39.0 Å². The Bertz CT molecular complexity index is 503. The lowest BCUT2D eigenvalue weighted by molar-refractivity contribution is -0.131. The number of nitrogens with two attached hydrogens (primary N) is 1. The van der Waals surface area contributed by atoms with Crippen LogP contribution in [0.25, 0.3) is 0 Å². The van der Waals surface area contributed by atoms with E-state index in [1.165, 1.54) is 0 Å². The number of likely N-dealkylation sites (N-methyl/N-ethyl adjacent to an activating group) is 1. The van der Waals surface area contributed by atoms with Gasteiger partial charge in [0.25, 0.3) is 0 Å². The first-order chi connectivity index (χ1) is 9.40. The molecule has 110 valence electrons. The topological polar surface area (TPSA) is 58.4 Å². The van der Waals surface area contributed by atoms with E-state index in [0.717, 1.165) is 15.7 Å². The Hall–Kier alpha value is -1.14. The maximum Gasteiger partial charge on any atom is 0.244 e. The molecule has 3 N–H and O–H groups in total. The van der Waals surface area contributed by atoms with E-state index in [2.05, 4.69) is 21.2 Å². The molecule has 0 saturated heterocycles. The van der Waals surface area contributed by atoms with Crippen molar-refractivity contribution >= 4 is 44.7 Å². The van der Waals surface area contributed by atoms with Crippen molar-refractivity contribution in [2.45, 2.75) is 26.8 Å². The van der Waals surface area contributed by atoms with E-state index in [0.29, 0.717) is 18.1 Å². The Kier molecular flexibility index (Phi) is 6.42. The van der Waals surface area contributed by atoms with Gasteiger partial charge in [0, 0.05) is 28.8 Å². The molecule has 0 bridgehead atoms. The molecule has 1 aromatic carbocycles. The maximum atomic E-state index is 12.2. The van der Waals surface area contributed by atoms with Crippen molar-refractivity contribution < 1.29 is 4.79 Å². The van der Waals surface area contributed by atoms with Gasteiger partial charge in [0.15, 0.2) is 0 Å². The molecule has 0 aromatic heterocycles. The highest BCUT2D eigenvalue weighted by Crippen LogP contribution is 2.22. The van der Waals surface area contributed by atoms with Crippen molar-refractivity contribution in [3.63, 3.8) is 0 Å². The minimum atomic E-state index is -0.329. The van der Waals surface area contributed by atoms with Crippen LogP contribution in [-0.2, 0) is 4.79 Å². The average Bonchev–Trinajstić information content (AvgIpc) is 2.41. The van der Waals surface area contributed by atoms with Gasteiger partial charge in [-0.3, -0.25) is 4.79 Å². The molecule has 6 heteroatoms. The number of anilines is 1. The second-order valence-electron chi connectivity index (χ2n) is 4.43. The quantitative estimate of drug-likeness (QED) is 0.768. The first-order valence-corrected chi connectivity index (χ1v) is 7.75. The molecule has 0 heterocycles. The summed E-state index contributed by atoms with van der Waals surface area (Å²) in [6, 6.07) is 5.27. The third-order valence-corrected chi connectivity index (χ3v) is 3.78. The third kappa shape index (κ3) is 4.18. The molecular formula is C14H20BrN3OS. The Morgan fingerprint density at radius 3 is 2.55 bits per heavy atom. The van der Waals surface area contributed by atoms with E-state index in [9.17, 15) is 4.79 Å². The number of halogens is 1. The van der Waals surface area contributed by atoms with Crippen molar-refractivity contribution in [1.82, 2.24) is 4.90 Å². The Labute approximate surface area is 133 Å². The van der Waals surface area contributed by atoms with E-state index in [1.54, 1.807) is 4.90 Å². The van der Waals surface area contributed by atoms with Crippen LogP contribution >= 0.6 is 28.1 Å². The molecule has 0 aliphatic carbocycles. The fraction of sp³-hybridized carbons (Fsp3) is 0.429. The standard InChI is InChI=1S/C14H20BrN3OS/c1-4-18(5-2)14(19)9(3)17-12-7-6-10(15)8-11(12)13(16)20/h6-9,17H,4-5H2,1-3H3,(H2,16,20). The van der Waals surface area contributed by atoms with E-state index in [4.69, 9.17) is 18.0 Å². The van der Waals surface area contributed by atoms with Crippen LogP contribution in [0.1, 0.15) is 26.3 Å². The summed E-state index contributed by atoms with van der Waals surface area (Å²) in [5.74, 6) is 0.0619. The van der Waals surface area contributed by atoms with Gasteiger partial charge in [-0.25, -0.2) is 0 Å². The van der Waals surface area contributed by atoms with Gasteiger partial charge in [-0.15, -0.1) is 0 Å². The van der Waals surface area contributed by atoms with Gasteiger partial charge in [-0.1, -0.05) is 28.1 Å². The molecule has 1 unspecified atom stereocenters. The lowest BCUT2D eigenvalue weighted by Crippen LogP contribution is -2.41. The minimum absolute atomic E-state index is 0.0619. The van der Waals surface area contributed by atoms with Gasteiger partial charge in [0.1, 0.15) is 11.0 Å². The van der Waals surface area contributed by atoms with Crippen LogP contribution in [0, 0.1) is 0 Å². The largest absolute Gasteiger partial charge is 0.389 e. The molecule has 1 aromatic rings. The number of hydrogen-bond donors (Lipinski definition) is 2. The molecule has 20 heavy (non-hydrogen) atoms. The molecule has 1 atom stereocenters. The highest BCUT2D eigenvalue weighted by atomic mass is 79.9. The fourth-order valence-corrected chi connectivity index (χ4v) is 2.48. The van der Waals surface area contributed by atoms with Crippen LogP contribution in [0.3, 0.4) is 0 Å². The van der Waals surface area contributed by atoms with Crippen molar-refractivity contribution in [2.75, 3.05) is 18.4 Å². The molecule has 0 saturated carbocycles. The lowest BCUT2D eigenvalue weighted by atomic mass is 10.1. The Morgan fingerprint density at radius 1 is 1.45 bits per heavy atom. The normalized spacial score (nSPS) is 11.8. The minimum Gasteiger partial charge on any atom is -0.389 e. The Morgan fingerprint density at radius 2 is 2.05 bits per heavy atom. The van der Waals surface area contributed by atoms with Crippen LogP contribution in [0.4, 0.5) is 5.69 Å². The first-order valence-electron chi connectivity index (χ1n) is 6.55. The number of rotatable bonds is 6. The average molecular weight is 358 g/mol. The van der Waals surface area contributed by atoms with Gasteiger partial charge >= 0.3 is 0 Å². The lowest BCUT2D eigenvalue weighted by Gasteiger charge is -2.24. The first kappa shape index (κ1) is 16.9. The molecule has 1 rings (SSSR count). The number of hydrogen-bond acceptors (Lipinski definition) is 3. The molecule has 4 nitrogen and oxygen atoms in total. The molecule has 0 fully saturated rings. The maximum absolute atomic E-state index is 12.2. The molecular weight excluding hydrogens is 338 g/mol. The fourth-order valence-electron chi connectivity index (χ4n) is 1.95. The SMILES string of the molecule is CCN(CC)C(=O)C(C)Nc1ccc(Br)cc1C(N)=S. The predicted molar refractivity (Wildman–Crippen MR) is 91.0 cm³/mol. The molecule has 0 aliphatic heterocycles. The van der Waals surface area contributed by atoms with Crippen LogP contribution in [0.5, 0.6) is 0 Å². The predicted octanol–water partition coefficient (Wildman–Crippen LogP) is 2.75. The monoisotopic (exact) mass is 357 g/mol. The number of carbonyl (C=O) groups excluding carboxylic acids is 1. The van der Waals surface area contributed by atoms with Gasteiger partial charge < -0.3 is 16.0 Å². The van der Waals surface area contributed by atoms with Gasteiger partial charge in [-0.2, -0.15) is 0 Å². The number of nitrogens with one attached hydrogen (secondary N) is 1. The second-order valence-corrected chi connectivity index (χ2v) is 5.79. The smallest absolute Gasteiger partial charge is 0.244 e. The summed E-state index contributed by atoms with van der Waals surface area (Å²) in [5.41, 5.74) is 7.22. The number of nitrogens with zero attached hydrogens (tertiary/aromatic N) is 1. The van der Waals surface area contributed by atoms with Crippen molar-refractivity contribution in [1.29, 1.82) is 0 Å². The van der Waals surface area contributed by atoms with E-state index < -0.39 is 0 Å². The zero-order valence-corrected chi connectivity index (χ0v) is 14.3. The summed E-state index contributed by atoms with van der Waals surface area (Å²) < 4.78 is 0.897. The number of carbonyl (C=O) groups is 1. The summed E-state index contributed by atoms with van der Waals surface area (Å²) in [6.45, 7) is 7.17. The van der Waals surface area contributed by atoms with Crippen molar-refractivity contribution in [2.24, 2.45) is 5.73 Å².